The van der Waals surface area contributed by atoms with Crippen LogP contribution in [0.25, 0.3) is 5.69 Å². The lowest BCUT2D eigenvalue weighted by Gasteiger charge is -2.15. The van der Waals surface area contributed by atoms with Gasteiger partial charge in [-0.2, -0.15) is 13.2 Å². The van der Waals surface area contributed by atoms with Gasteiger partial charge in [-0.05, 0) is 44.0 Å². The number of alkyl halides is 3. The Labute approximate surface area is 176 Å². The molecule has 2 aromatic heterocycles. The molecule has 1 atom stereocenters. The summed E-state index contributed by atoms with van der Waals surface area (Å²) in [5.74, 6) is -0.146. The average molecular weight is 440 g/mol. The Bertz CT molecular complexity index is 1050. The zero-order valence-electron chi connectivity index (χ0n) is 16.9. The summed E-state index contributed by atoms with van der Waals surface area (Å²) in [4.78, 5) is 16.4. The van der Waals surface area contributed by atoms with E-state index in [0.29, 0.717) is 10.7 Å². The van der Waals surface area contributed by atoms with Crippen LogP contribution in [0.15, 0.2) is 30.5 Å². The van der Waals surface area contributed by atoms with Gasteiger partial charge in [-0.15, -0.1) is 5.10 Å². The lowest BCUT2D eigenvalue weighted by atomic mass is 10.0. The second kappa shape index (κ2) is 8.22. The van der Waals surface area contributed by atoms with E-state index in [4.69, 9.17) is 11.6 Å². The van der Waals surface area contributed by atoms with Crippen molar-refractivity contribution in [1.82, 2.24) is 24.5 Å². The van der Waals surface area contributed by atoms with Crippen molar-refractivity contribution in [1.29, 1.82) is 0 Å². The molecule has 2 heterocycles. The first kappa shape index (κ1) is 22.0. The molecule has 160 valence electrons. The number of ketones is 1. The summed E-state index contributed by atoms with van der Waals surface area (Å²) >= 11 is 5.94. The maximum absolute atomic E-state index is 12.9. The number of hydrogen-bond acceptors (Lipinski definition) is 4. The summed E-state index contributed by atoms with van der Waals surface area (Å²) in [7, 11) is 0. The van der Waals surface area contributed by atoms with Crippen LogP contribution in [0.1, 0.15) is 55.6 Å². The van der Waals surface area contributed by atoms with E-state index in [1.54, 1.807) is 35.9 Å². The fourth-order valence-electron chi connectivity index (χ4n) is 3.28. The Morgan fingerprint density at radius 2 is 1.80 bits per heavy atom. The minimum absolute atomic E-state index is 0.0144. The summed E-state index contributed by atoms with van der Waals surface area (Å²) < 4.78 is 41.7. The molecule has 0 saturated carbocycles. The molecular formula is C20H21ClF3N5O. The van der Waals surface area contributed by atoms with E-state index in [-0.39, 0.29) is 23.9 Å². The number of aryl methyl sites for hydroxylation is 1. The Balaban J connectivity index is 1.88. The van der Waals surface area contributed by atoms with E-state index in [1.807, 2.05) is 13.8 Å². The molecule has 0 fully saturated rings. The molecule has 1 unspecified atom stereocenters. The first-order valence-corrected chi connectivity index (χ1v) is 9.72. The van der Waals surface area contributed by atoms with Gasteiger partial charge in [0.15, 0.2) is 11.5 Å². The molecule has 0 aliphatic heterocycles. The highest BCUT2D eigenvalue weighted by molar-refractivity contribution is 6.30. The number of aromatic nitrogens is 5. The Hall–Kier alpha value is -2.68. The fraction of sp³-hybridized carbons (Fsp3) is 0.400. The van der Waals surface area contributed by atoms with Crippen LogP contribution in [-0.4, -0.2) is 30.3 Å². The summed E-state index contributed by atoms with van der Waals surface area (Å²) in [5, 5.41) is 8.94. The minimum atomic E-state index is -4.56. The molecule has 0 aliphatic carbocycles. The van der Waals surface area contributed by atoms with E-state index < -0.39 is 17.9 Å². The van der Waals surface area contributed by atoms with Crippen LogP contribution in [0.3, 0.4) is 0 Å². The van der Waals surface area contributed by atoms with Gasteiger partial charge in [-0.25, -0.2) is 9.67 Å². The number of carbonyl (C=O) groups excluding carboxylic acids is 1. The van der Waals surface area contributed by atoms with Crippen molar-refractivity contribution in [2.45, 2.75) is 52.3 Å². The lowest BCUT2D eigenvalue weighted by molar-refractivity contribution is -0.141. The standard InChI is InChI=1S/C20H21ClF3N5O/c1-11(2)19-16(26-27-29(19)15-7-5-14(21)6-8-15)9-17(30)12(3)28-10-18(20(22,23)24)25-13(28)4/h5-8,10-12H,9H2,1-4H3. The van der Waals surface area contributed by atoms with Crippen molar-refractivity contribution >= 4 is 17.4 Å². The zero-order chi connectivity index (χ0) is 22.2. The molecule has 10 heteroatoms. The quantitative estimate of drug-likeness (QED) is 0.545. The molecule has 1 aromatic carbocycles. The molecule has 0 spiro atoms. The number of carbonyl (C=O) groups is 1. The van der Waals surface area contributed by atoms with Gasteiger partial charge in [0, 0.05) is 11.2 Å². The summed E-state index contributed by atoms with van der Waals surface area (Å²) in [6.45, 7) is 6.90. The molecule has 0 bridgehead atoms. The first-order chi connectivity index (χ1) is 14.0. The van der Waals surface area contributed by atoms with Gasteiger partial charge in [0.1, 0.15) is 5.82 Å². The van der Waals surface area contributed by atoms with Crippen LogP contribution in [0.5, 0.6) is 0 Å². The van der Waals surface area contributed by atoms with Crippen molar-refractivity contribution in [3.8, 4) is 5.69 Å². The average Bonchev–Trinajstić information content (AvgIpc) is 3.25. The van der Waals surface area contributed by atoms with Gasteiger partial charge >= 0.3 is 6.18 Å². The van der Waals surface area contributed by atoms with E-state index >= 15 is 0 Å². The molecule has 6 nitrogen and oxygen atoms in total. The van der Waals surface area contributed by atoms with E-state index in [2.05, 4.69) is 15.3 Å². The third-order valence-electron chi connectivity index (χ3n) is 4.83. The van der Waals surface area contributed by atoms with Gasteiger partial charge in [-0.3, -0.25) is 4.79 Å². The molecule has 0 saturated heterocycles. The molecule has 0 N–H and O–H groups in total. The SMILES string of the molecule is Cc1nc(C(F)(F)F)cn1C(C)C(=O)Cc1nnn(-c2ccc(Cl)cc2)c1C(C)C. The smallest absolute Gasteiger partial charge is 0.324 e. The number of hydrogen-bond donors (Lipinski definition) is 0. The van der Waals surface area contributed by atoms with Crippen LogP contribution in [-0.2, 0) is 17.4 Å². The number of rotatable bonds is 6. The maximum atomic E-state index is 12.9. The highest BCUT2D eigenvalue weighted by Gasteiger charge is 2.35. The molecule has 0 amide bonds. The predicted octanol–water partition coefficient (Wildman–Crippen LogP) is 4.94. The van der Waals surface area contributed by atoms with Crippen molar-refractivity contribution in [2.75, 3.05) is 0 Å². The molecule has 0 aliphatic rings. The van der Waals surface area contributed by atoms with Gasteiger partial charge in [0.2, 0.25) is 0 Å². The normalized spacial score (nSPS) is 13.1. The minimum Gasteiger partial charge on any atom is -0.324 e. The molecule has 0 radical (unpaired) electrons. The van der Waals surface area contributed by atoms with Crippen molar-refractivity contribution in [2.24, 2.45) is 0 Å². The van der Waals surface area contributed by atoms with Gasteiger partial charge in [-0.1, -0.05) is 30.7 Å². The second-order valence-corrected chi connectivity index (χ2v) is 7.80. The van der Waals surface area contributed by atoms with Gasteiger partial charge < -0.3 is 4.57 Å². The maximum Gasteiger partial charge on any atom is 0.434 e. The van der Waals surface area contributed by atoms with E-state index in [1.165, 1.54) is 11.5 Å². The zero-order valence-corrected chi connectivity index (χ0v) is 17.7. The van der Waals surface area contributed by atoms with Crippen molar-refractivity contribution in [3.05, 3.63) is 58.4 Å². The molecule has 30 heavy (non-hydrogen) atoms. The number of halogens is 4. The summed E-state index contributed by atoms with van der Waals surface area (Å²) in [5.41, 5.74) is 0.987. The van der Waals surface area contributed by atoms with Crippen molar-refractivity contribution < 1.29 is 18.0 Å². The monoisotopic (exact) mass is 439 g/mol. The lowest BCUT2D eigenvalue weighted by Crippen LogP contribution is -2.20. The molecular weight excluding hydrogens is 419 g/mol. The molecule has 3 rings (SSSR count). The van der Waals surface area contributed by atoms with Crippen LogP contribution >= 0.6 is 11.6 Å². The predicted molar refractivity (Wildman–Crippen MR) is 106 cm³/mol. The van der Waals surface area contributed by atoms with Crippen LogP contribution in [0, 0.1) is 6.92 Å². The van der Waals surface area contributed by atoms with Crippen LogP contribution in [0.4, 0.5) is 13.2 Å². The van der Waals surface area contributed by atoms with Crippen molar-refractivity contribution in [3.63, 3.8) is 0 Å². The second-order valence-electron chi connectivity index (χ2n) is 7.36. The Kier molecular flexibility index (Phi) is 6.03. The number of Topliss-reactive ketones (excluding diaryl/α,β-unsaturated/α-hetero) is 1. The van der Waals surface area contributed by atoms with Crippen LogP contribution < -0.4 is 0 Å². The fourth-order valence-corrected chi connectivity index (χ4v) is 3.41. The Morgan fingerprint density at radius 3 is 2.33 bits per heavy atom. The largest absolute Gasteiger partial charge is 0.434 e. The molecule has 3 aromatic rings. The van der Waals surface area contributed by atoms with E-state index in [0.717, 1.165) is 17.6 Å². The van der Waals surface area contributed by atoms with Gasteiger partial charge in [0.25, 0.3) is 0 Å². The van der Waals surface area contributed by atoms with E-state index in [9.17, 15) is 18.0 Å². The summed E-state index contributed by atoms with van der Waals surface area (Å²) in [6.07, 6.45) is -3.75. The first-order valence-electron chi connectivity index (χ1n) is 9.34. The highest BCUT2D eigenvalue weighted by atomic mass is 35.5. The number of imidazole rings is 1. The van der Waals surface area contributed by atoms with Gasteiger partial charge in [0.05, 0.1) is 29.5 Å². The Morgan fingerprint density at radius 1 is 1.17 bits per heavy atom. The summed E-state index contributed by atoms with van der Waals surface area (Å²) in [6, 6.07) is 6.23. The third kappa shape index (κ3) is 4.40. The third-order valence-corrected chi connectivity index (χ3v) is 5.08. The van der Waals surface area contributed by atoms with Crippen LogP contribution in [0.2, 0.25) is 5.02 Å². The number of nitrogens with zero attached hydrogens (tertiary/aromatic N) is 5. The topological polar surface area (TPSA) is 65.6 Å². The highest BCUT2D eigenvalue weighted by Crippen LogP contribution is 2.30. The number of benzene rings is 1.